The zero-order valence-electron chi connectivity index (χ0n) is 20.7. The maximum Gasteiger partial charge on any atom is 0.135 e. The molecule has 5 heteroatoms. The number of furan rings is 1. The fraction of sp³-hybridized carbons (Fsp3) is 0. The number of aromatic nitrogens is 1. The van der Waals surface area contributed by atoms with Crippen LogP contribution < -0.4 is 0 Å². The minimum absolute atomic E-state index is 0. The minimum atomic E-state index is 0. The van der Waals surface area contributed by atoms with E-state index in [0.717, 1.165) is 33.2 Å². The van der Waals surface area contributed by atoms with Crippen LogP contribution in [-0.2, 0) is 18.6 Å². The molecule has 2 heterocycles. The van der Waals surface area contributed by atoms with Gasteiger partial charge in [0.15, 0.2) is 0 Å². The molecular weight excluding hydrogens is 519 g/mol. The molecule has 2 aromatic heterocycles. The molecule has 8 rings (SSSR count). The van der Waals surface area contributed by atoms with Crippen molar-refractivity contribution in [3.8, 4) is 11.4 Å². The predicted octanol–water partition coefficient (Wildman–Crippen LogP) is 9.88. The third kappa shape index (κ3) is 3.53. The number of phenols is 1. The van der Waals surface area contributed by atoms with E-state index in [1.165, 1.54) is 27.1 Å². The second-order valence-electron chi connectivity index (χ2n) is 9.57. The smallest absolute Gasteiger partial charge is 0.135 e. The molecule has 0 aliphatic carbocycles. The molecule has 4 nitrogen and oxygen atoms in total. The van der Waals surface area contributed by atoms with Gasteiger partial charge in [0, 0.05) is 51.2 Å². The van der Waals surface area contributed by atoms with Crippen LogP contribution >= 0.6 is 0 Å². The monoisotopic (exact) mass is 540 g/mol. The van der Waals surface area contributed by atoms with E-state index >= 15 is 0 Å². The topological polar surface area (TPSA) is 52.4 Å². The number of fused-ring (bicyclic) bond motifs is 8. The van der Waals surface area contributed by atoms with E-state index in [1.807, 2.05) is 36.4 Å². The molecule has 0 saturated heterocycles. The first-order chi connectivity index (χ1) is 18.8. The molecule has 0 aliphatic heterocycles. The van der Waals surface area contributed by atoms with E-state index in [1.54, 1.807) is 12.1 Å². The summed E-state index contributed by atoms with van der Waals surface area (Å²) in [6, 6.07) is 40.9. The van der Waals surface area contributed by atoms with E-state index in [2.05, 4.69) is 77.4 Å². The molecular formula is C34H21N2O2V-. The molecule has 0 unspecified atom stereocenters. The molecule has 1 radical (unpaired) electrons. The van der Waals surface area contributed by atoms with Crippen molar-refractivity contribution in [1.29, 1.82) is 0 Å². The van der Waals surface area contributed by atoms with Crippen LogP contribution in [0.15, 0.2) is 126 Å². The van der Waals surface area contributed by atoms with E-state index in [4.69, 9.17) is 9.73 Å². The first-order valence-corrected chi connectivity index (χ1v) is 12.6. The van der Waals surface area contributed by atoms with E-state index in [0.29, 0.717) is 11.3 Å². The summed E-state index contributed by atoms with van der Waals surface area (Å²) in [5, 5.41) is 22.3. The van der Waals surface area contributed by atoms with Crippen LogP contribution in [0.5, 0.6) is 5.75 Å². The summed E-state index contributed by atoms with van der Waals surface area (Å²) in [5.41, 5.74) is 6.17. The van der Waals surface area contributed by atoms with Gasteiger partial charge in [0.05, 0.1) is 11.0 Å². The molecule has 1 N–H and O–H groups in total. The molecule has 39 heavy (non-hydrogen) atoms. The van der Waals surface area contributed by atoms with Crippen LogP contribution in [0.2, 0.25) is 0 Å². The van der Waals surface area contributed by atoms with Gasteiger partial charge in [-0.3, -0.25) is 0 Å². The Hall–Kier alpha value is -4.64. The van der Waals surface area contributed by atoms with Crippen LogP contribution in [0.25, 0.3) is 65.5 Å². The van der Waals surface area contributed by atoms with Crippen molar-refractivity contribution in [2.45, 2.75) is 0 Å². The van der Waals surface area contributed by atoms with Gasteiger partial charge in [0.2, 0.25) is 0 Å². The number of phenolic OH excluding ortho intramolecular Hbond substituents is 1. The van der Waals surface area contributed by atoms with Crippen molar-refractivity contribution < 1.29 is 28.1 Å². The van der Waals surface area contributed by atoms with Crippen molar-refractivity contribution in [3.05, 3.63) is 127 Å². The first kappa shape index (κ1) is 23.5. The zero-order chi connectivity index (χ0) is 25.2. The van der Waals surface area contributed by atoms with Gasteiger partial charge in [-0.15, -0.1) is 5.69 Å². The molecule has 0 amide bonds. The molecule has 0 spiro atoms. The molecule has 0 bridgehead atoms. The molecule has 0 atom stereocenters. The van der Waals surface area contributed by atoms with Crippen molar-refractivity contribution >= 4 is 65.9 Å². The Morgan fingerprint density at radius 3 is 2.15 bits per heavy atom. The Morgan fingerprint density at radius 1 is 0.590 bits per heavy atom. The van der Waals surface area contributed by atoms with Gasteiger partial charge in [-0.05, 0) is 41.8 Å². The summed E-state index contributed by atoms with van der Waals surface area (Å²) in [7, 11) is 0. The Bertz CT molecular complexity index is 2170. The number of hydrogen-bond acceptors (Lipinski definition) is 2. The maximum absolute atomic E-state index is 10.8. The third-order valence-corrected chi connectivity index (χ3v) is 7.40. The van der Waals surface area contributed by atoms with Crippen molar-refractivity contribution in [2.75, 3.05) is 0 Å². The number of hydrogen-bond donors (Lipinski definition) is 1. The standard InChI is InChI=1S/C34H21N2O2.V/c37-29-19-20-31-32(27-10-4-6-12-30(27)38-31)33(29)35-22-14-16-23(17-15-22)36-28-11-5-3-9-25(28)26-18-13-21-7-1-2-8-24(21)34(26)36;/h1-20,37H;/q-1;. The average Bonchev–Trinajstić information content (AvgIpc) is 3.51. The van der Waals surface area contributed by atoms with Crippen molar-refractivity contribution in [1.82, 2.24) is 4.57 Å². The maximum atomic E-state index is 10.8. The summed E-state index contributed by atoms with van der Waals surface area (Å²) < 4.78 is 8.33. The summed E-state index contributed by atoms with van der Waals surface area (Å²) in [6.45, 7) is 0. The minimum Gasteiger partial charge on any atom is -0.654 e. The van der Waals surface area contributed by atoms with Gasteiger partial charge in [-0.1, -0.05) is 90.6 Å². The zero-order valence-corrected chi connectivity index (χ0v) is 22.1. The quantitative estimate of drug-likeness (QED) is 0.242. The normalized spacial score (nSPS) is 11.5. The molecule has 185 valence electrons. The van der Waals surface area contributed by atoms with Crippen LogP contribution in [0.3, 0.4) is 0 Å². The first-order valence-electron chi connectivity index (χ1n) is 12.6. The van der Waals surface area contributed by atoms with E-state index in [9.17, 15) is 5.11 Å². The number of rotatable bonds is 3. The third-order valence-electron chi connectivity index (χ3n) is 7.40. The molecule has 0 saturated carbocycles. The fourth-order valence-electron chi connectivity index (χ4n) is 5.70. The average molecular weight is 540 g/mol. The summed E-state index contributed by atoms with van der Waals surface area (Å²) in [6.07, 6.45) is 0. The van der Waals surface area contributed by atoms with E-state index in [-0.39, 0.29) is 24.3 Å². The van der Waals surface area contributed by atoms with Crippen LogP contribution in [0.1, 0.15) is 0 Å². The van der Waals surface area contributed by atoms with E-state index < -0.39 is 0 Å². The van der Waals surface area contributed by atoms with Crippen LogP contribution in [0.4, 0.5) is 11.4 Å². The number of nitrogens with zero attached hydrogens (tertiary/aromatic N) is 2. The Balaban J connectivity index is 0.00000253. The SMILES string of the molecule is Oc1ccc2oc3ccccc3c2c1[N-]c1ccc(-n2c3ccccc3c3ccc4ccccc4c32)cc1.[V]. The van der Waals surface area contributed by atoms with Gasteiger partial charge >= 0.3 is 0 Å². The van der Waals surface area contributed by atoms with Crippen LogP contribution in [-0.4, -0.2) is 9.67 Å². The number of para-hydroxylation sites is 2. The van der Waals surface area contributed by atoms with Gasteiger partial charge in [-0.2, -0.15) is 0 Å². The van der Waals surface area contributed by atoms with Crippen molar-refractivity contribution in [3.63, 3.8) is 0 Å². The summed E-state index contributed by atoms with van der Waals surface area (Å²) in [4.78, 5) is 0. The van der Waals surface area contributed by atoms with Gasteiger partial charge in [0.25, 0.3) is 0 Å². The number of aromatic hydroxyl groups is 1. The largest absolute Gasteiger partial charge is 0.654 e. The van der Waals surface area contributed by atoms with Crippen LogP contribution in [0, 0.1) is 0 Å². The van der Waals surface area contributed by atoms with Gasteiger partial charge in [-0.25, -0.2) is 0 Å². The van der Waals surface area contributed by atoms with Crippen molar-refractivity contribution in [2.24, 2.45) is 0 Å². The Morgan fingerprint density at radius 2 is 1.31 bits per heavy atom. The molecule has 6 aromatic carbocycles. The number of benzene rings is 6. The van der Waals surface area contributed by atoms with Gasteiger partial charge < -0.3 is 19.4 Å². The summed E-state index contributed by atoms with van der Waals surface area (Å²) >= 11 is 0. The Labute approximate surface area is 236 Å². The summed E-state index contributed by atoms with van der Waals surface area (Å²) in [5.74, 6) is 0.127. The second-order valence-corrected chi connectivity index (χ2v) is 9.57. The van der Waals surface area contributed by atoms with Gasteiger partial charge in [0.1, 0.15) is 16.9 Å². The molecule has 0 fully saturated rings. The second kappa shape index (κ2) is 8.99. The Kier molecular flexibility index (Phi) is 5.41. The predicted molar refractivity (Wildman–Crippen MR) is 156 cm³/mol. The fourth-order valence-corrected chi connectivity index (χ4v) is 5.70. The molecule has 0 aliphatic rings. The molecule has 8 aromatic rings.